The van der Waals surface area contributed by atoms with Gasteiger partial charge in [-0.15, -0.1) is 0 Å². The van der Waals surface area contributed by atoms with Crippen LogP contribution in [-0.4, -0.2) is 24.1 Å². The summed E-state index contributed by atoms with van der Waals surface area (Å²) in [4.78, 5) is 0. The molecule has 0 radical (unpaired) electrons. The van der Waals surface area contributed by atoms with Crippen LogP contribution in [0.1, 0.15) is 51.0 Å². The van der Waals surface area contributed by atoms with E-state index in [-0.39, 0.29) is 0 Å². The summed E-state index contributed by atoms with van der Waals surface area (Å²) in [5.74, 6) is 2.91. The van der Waals surface area contributed by atoms with Crippen molar-refractivity contribution >= 4 is 11.8 Å². The molecule has 2 heteroatoms. The van der Waals surface area contributed by atoms with Crippen molar-refractivity contribution in [1.29, 1.82) is 0 Å². The van der Waals surface area contributed by atoms with Crippen LogP contribution < -0.4 is 5.32 Å². The lowest BCUT2D eigenvalue weighted by molar-refractivity contribution is 0.368. The van der Waals surface area contributed by atoms with Crippen molar-refractivity contribution in [1.82, 2.24) is 5.32 Å². The van der Waals surface area contributed by atoms with Crippen LogP contribution in [0.15, 0.2) is 30.3 Å². The zero-order valence-corrected chi connectivity index (χ0v) is 14.0. The fourth-order valence-electron chi connectivity index (χ4n) is 3.08. The van der Waals surface area contributed by atoms with Gasteiger partial charge in [-0.25, -0.2) is 0 Å². The van der Waals surface area contributed by atoms with Crippen LogP contribution in [0.2, 0.25) is 0 Å². The van der Waals surface area contributed by atoms with Gasteiger partial charge in [0.05, 0.1) is 0 Å². The summed E-state index contributed by atoms with van der Waals surface area (Å²) in [7, 11) is 2.13. The summed E-state index contributed by atoms with van der Waals surface area (Å²) in [6, 6.07) is 11.8. The first-order chi connectivity index (χ1) is 9.74. The second-order valence-electron chi connectivity index (χ2n) is 6.20. The Kier molecular flexibility index (Phi) is 6.44. The maximum Gasteiger partial charge on any atom is 0.0206 e. The Hall–Kier alpha value is -0.470. The van der Waals surface area contributed by atoms with Gasteiger partial charge in [-0.3, -0.25) is 0 Å². The van der Waals surface area contributed by atoms with Crippen molar-refractivity contribution in [2.75, 3.05) is 12.8 Å². The average molecular weight is 292 g/mol. The molecule has 4 atom stereocenters. The van der Waals surface area contributed by atoms with Gasteiger partial charge in [-0.05, 0) is 49.5 Å². The predicted octanol–water partition coefficient (Wildman–Crippen LogP) is 4.69. The standard InChI is InChI=1S/C18H29NS/c1-4-14(2)13-20-18-12-16(10-11-17(18)19-3)15-8-6-5-7-9-15/h5-9,14,16-19H,4,10-13H2,1-3H3. The molecule has 2 rings (SSSR count). The van der Waals surface area contributed by atoms with Gasteiger partial charge in [0.25, 0.3) is 0 Å². The molecule has 1 aliphatic rings. The van der Waals surface area contributed by atoms with Crippen LogP contribution in [0.25, 0.3) is 0 Å². The monoisotopic (exact) mass is 291 g/mol. The molecule has 1 aliphatic carbocycles. The zero-order valence-electron chi connectivity index (χ0n) is 13.1. The molecule has 1 saturated carbocycles. The van der Waals surface area contributed by atoms with Crippen molar-refractivity contribution in [2.45, 2.75) is 56.7 Å². The summed E-state index contributed by atoms with van der Waals surface area (Å²) in [6.07, 6.45) is 5.27. The molecule has 0 spiro atoms. The Labute approximate surface area is 128 Å². The van der Waals surface area contributed by atoms with Crippen LogP contribution in [0.5, 0.6) is 0 Å². The lowest BCUT2D eigenvalue weighted by Crippen LogP contribution is -2.40. The SMILES string of the molecule is CCC(C)CSC1CC(c2ccccc2)CCC1NC. The van der Waals surface area contributed by atoms with Crippen LogP contribution in [0.4, 0.5) is 0 Å². The molecular weight excluding hydrogens is 262 g/mol. The summed E-state index contributed by atoms with van der Waals surface area (Å²) in [5, 5.41) is 4.32. The van der Waals surface area contributed by atoms with Crippen LogP contribution in [-0.2, 0) is 0 Å². The van der Waals surface area contributed by atoms with Crippen molar-refractivity contribution in [3.05, 3.63) is 35.9 Å². The smallest absolute Gasteiger partial charge is 0.0206 e. The molecule has 0 bridgehead atoms. The van der Waals surface area contributed by atoms with E-state index in [0.717, 1.165) is 17.1 Å². The molecule has 1 nitrogen and oxygen atoms in total. The highest BCUT2D eigenvalue weighted by molar-refractivity contribution is 7.99. The van der Waals surface area contributed by atoms with E-state index in [0.29, 0.717) is 6.04 Å². The topological polar surface area (TPSA) is 12.0 Å². The Morgan fingerprint density at radius 3 is 2.65 bits per heavy atom. The quantitative estimate of drug-likeness (QED) is 0.816. The highest BCUT2D eigenvalue weighted by atomic mass is 32.2. The third kappa shape index (κ3) is 4.26. The number of benzene rings is 1. The number of thioether (sulfide) groups is 1. The Morgan fingerprint density at radius 2 is 2.00 bits per heavy atom. The van der Waals surface area contributed by atoms with Gasteiger partial charge >= 0.3 is 0 Å². The number of rotatable bonds is 6. The summed E-state index contributed by atoms with van der Waals surface area (Å²) in [5.41, 5.74) is 1.54. The van der Waals surface area contributed by atoms with Crippen LogP contribution in [0, 0.1) is 5.92 Å². The predicted molar refractivity (Wildman–Crippen MR) is 91.6 cm³/mol. The molecular formula is C18H29NS. The minimum Gasteiger partial charge on any atom is -0.316 e. The zero-order chi connectivity index (χ0) is 14.4. The lowest BCUT2D eigenvalue weighted by Gasteiger charge is -2.36. The second kappa shape index (κ2) is 8.09. The maximum absolute atomic E-state index is 3.55. The Morgan fingerprint density at radius 1 is 1.25 bits per heavy atom. The van der Waals surface area contributed by atoms with E-state index >= 15 is 0 Å². The highest BCUT2D eigenvalue weighted by Gasteiger charge is 2.30. The largest absolute Gasteiger partial charge is 0.316 e. The van der Waals surface area contributed by atoms with Crippen LogP contribution in [0.3, 0.4) is 0 Å². The summed E-state index contributed by atoms with van der Waals surface area (Å²) >= 11 is 2.20. The molecule has 0 aliphatic heterocycles. The van der Waals surface area contributed by atoms with E-state index in [2.05, 4.69) is 68.3 Å². The van der Waals surface area contributed by atoms with Crippen molar-refractivity contribution in [3.8, 4) is 0 Å². The van der Waals surface area contributed by atoms with Crippen molar-refractivity contribution in [2.24, 2.45) is 5.92 Å². The molecule has 1 fully saturated rings. The van der Waals surface area contributed by atoms with E-state index < -0.39 is 0 Å². The lowest BCUT2D eigenvalue weighted by atomic mass is 9.81. The first-order valence-corrected chi connectivity index (χ1v) is 9.13. The normalized spacial score (nSPS) is 28.2. The van der Waals surface area contributed by atoms with Gasteiger partial charge in [0.15, 0.2) is 0 Å². The molecule has 1 aromatic carbocycles. The number of hydrogen-bond donors (Lipinski definition) is 1. The molecule has 4 unspecified atom stereocenters. The molecule has 1 aromatic rings. The third-order valence-electron chi connectivity index (χ3n) is 4.73. The first-order valence-electron chi connectivity index (χ1n) is 8.08. The Bertz CT molecular complexity index is 378. The molecule has 0 heterocycles. The van der Waals surface area contributed by atoms with Crippen molar-refractivity contribution in [3.63, 3.8) is 0 Å². The molecule has 0 amide bonds. The second-order valence-corrected chi connectivity index (χ2v) is 7.47. The average Bonchev–Trinajstić information content (AvgIpc) is 2.53. The van der Waals surface area contributed by atoms with Gasteiger partial charge in [-0.2, -0.15) is 11.8 Å². The number of nitrogens with one attached hydrogen (secondary N) is 1. The minimum atomic E-state index is 0.698. The van der Waals surface area contributed by atoms with Gasteiger partial charge in [0, 0.05) is 11.3 Å². The Balaban J connectivity index is 1.96. The summed E-state index contributed by atoms with van der Waals surface area (Å²) < 4.78 is 0. The van der Waals surface area contributed by atoms with E-state index in [4.69, 9.17) is 0 Å². The maximum atomic E-state index is 3.55. The highest BCUT2D eigenvalue weighted by Crippen LogP contribution is 2.38. The minimum absolute atomic E-state index is 0.698. The fourth-order valence-corrected chi connectivity index (χ4v) is 4.76. The van der Waals surface area contributed by atoms with E-state index in [1.807, 2.05) is 0 Å². The van der Waals surface area contributed by atoms with Gasteiger partial charge in [-0.1, -0.05) is 50.6 Å². The third-order valence-corrected chi connectivity index (χ3v) is 6.44. The van der Waals surface area contributed by atoms with Gasteiger partial charge < -0.3 is 5.32 Å². The summed E-state index contributed by atoms with van der Waals surface area (Å²) in [6.45, 7) is 4.67. The number of hydrogen-bond acceptors (Lipinski definition) is 2. The molecule has 112 valence electrons. The van der Waals surface area contributed by atoms with Gasteiger partial charge in [0.1, 0.15) is 0 Å². The fraction of sp³-hybridized carbons (Fsp3) is 0.667. The van der Waals surface area contributed by atoms with Crippen molar-refractivity contribution < 1.29 is 0 Å². The molecule has 0 saturated heterocycles. The first kappa shape index (κ1) is 15.9. The van der Waals surface area contributed by atoms with Crippen LogP contribution >= 0.6 is 11.8 Å². The molecule has 0 aromatic heterocycles. The molecule has 1 N–H and O–H groups in total. The molecule has 20 heavy (non-hydrogen) atoms. The van der Waals surface area contributed by atoms with E-state index in [9.17, 15) is 0 Å². The van der Waals surface area contributed by atoms with E-state index in [1.54, 1.807) is 0 Å². The van der Waals surface area contributed by atoms with Gasteiger partial charge in [0.2, 0.25) is 0 Å². The van der Waals surface area contributed by atoms with E-state index in [1.165, 1.54) is 37.0 Å².